The number of nitrogens with zero attached hydrogens (tertiary/aromatic N) is 2. The molecular weight excluding hydrogens is 413 g/mol. The van der Waals surface area contributed by atoms with E-state index in [2.05, 4.69) is 5.32 Å². The van der Waals surface area contributed by atoms with Crippen LogP contribution in [-0.2, 0) is 16.0 Å². The van der Waals surface area contributed by atoms with Gasteiger partial charge >= 0.3 is 6.09 Å². The van der Waals surface area contributed by atoms with Crippen molar-refractivity contribution < 1.29 is 23.5 Å². The number of ether oxygens (including phenoxy) is 1. The number of fused-ring (bicyclic) bond motifs is 1. The molecule has 2 heterocycles. The lowest BCUT2D eigenvalue weighted by molar-refractivity contribution is -0.152. The van der Waals surface area contributed by atoms with Gasteiger partial charge in [0.05, 0.1) is 6.54 Å². The van der Waals surface area contributed by atoms with Gasteiger partial charge in [-0.05, 0) is 42.0 Å². The summed E-state index contributed by atoms with van der Waals surface area (Å²) in [5.41, 5.74) is 0.887. The molecule has 0 aliphatic carbocycles. The van der Waals surface area contributed by atoms with Crippen molar-refractivity contribution in [2.45, 2.75) is 18.5 Å². The first-order chi connectivity index (χ1) is 14.4. The Morgan fingerprint density at radius 3 is 2.50 bits per heavy atom. The number of hydrogen-bond acceptors (Lipinski definition) is 4. The average molecular weight is 432 g/mol. The average Bonchev–Trinajstić information content (AvgIpc) is 2.74. The Hall–Kier alpha value is -3.13. The maximum absolute atomic E-state index is 13.0. The van der Waals surface area contributed by atoms with E-state index in [0.717, 1.165) is 5.56 Å². The summed E-state index contributed by atoms with van der Waals surface area (Å²) in [5.74, 6) is -0.723. The molecule has 0 aromatic heterocycles. The minimum Gasteiger partial charge on any atom is -0.410 e. The van der Waals surface area contributed by atoms with E-state index >= 15 is 0 Å². The van der Waals surface area contributed by atoms with E-state index < -0.39 is 24.0 Å². The normalized spacial score (nSPS) is 21.1. The van der Waals surface area contributed by atoms with Crippen molar-refractivity contribution in [1.29, 1.82) is 0 Å². The van der Waals surface area contributed by atoms with Gasteiger partial charge in [-0.2, -0.15) is 0 Å². The summed E-state index contributed by atoms with van der Waals surface area (Å²) in [6.07, 6.45) is -0.286. The summed E-state index contributed by atoms with van der Waals surface area (Å²) < 4.78 is 18.2. The minimum atomic E-state index is -0.770. The van der Waals surface area contributed by atoms with Gasteiger partial charge in [0.1, 0.15) is 23.7 Å². The van der Waals surface area contributed by atoms with Crippen molar-refractivity contribution in [2.75, 3.05) is 19.6 Å². The van der Waals surface area contributed by atoms with E-state index in [1.54, 1.807) is 12.1 Å². The SMILES string of the molecule is O=C1N[C@@H](Cc2ccc(Cl)cc2)C(=O)N2CCN(C(=O)Oc3ccc(F)cc3)C[C@H]12. The van der Waals surface area contributed by atoms with Gasteiger partial charge in [-0.25, -0.2) is 9.18 Å². The van der Waals surface area contributed by atoms with Crippen molar-refractivity contribution >= 4 is 29.5 Å². The lowest BCUT2D eigenvalue weighted by Gasteiger charge is -2.44. The molecule has 0 bridgehead atoms. The number of halogens is 2. The van der Waals surface area contributed by atoms with Gasteiger partial charge in [0.2, 0.25) is 11.8 Å². The summed E-state index contributed by atoms with van der Waals surface area (Å²) in [7, 11) is 0. The molecule has 2 atom stereocenters. The second kappa shape index (κ2) is 8.31. The molecule has 2 aliphatic rings. The molecule has 0 unspecified atom stereocenters. The molecule has 0 spiro atoms. The van der Waals surface area contributed by atoms with Crippen LogP contribution in [0.25, 0.3) is 0 Å². The van der Waals surface area contributed by atoms with Crippen LogP contribution in [0.5, 0.6) is 5.75 Å². The zero-order chi connectivity index (χ0) is 21.3. The third-order valence-electron chi connectivity index (χ3n) is 5.21. The zero-order valence-corrected chi connectivity index (χ0v) is 16.6. The Labute approximate surface area is 177 Å². The number of piperazine rings is 2. The molecule has 3 amide bonds. The van der Waals surface area contributed by atoms with Gasteiger partial charge in [0, 0.05) is 24.5 Å². The van der Waals surface area contributed by atoms with Gasteiger partial charge in [-0.15, -0.1) is 0 Å². The van der Waals surface area contributed by atoms with E-state index in [1.165, 1.54) is 34.1 Å². The van der Waals surface area contributed by atoms with E-state index in [0.29, 0.717) is 11.4 Å². The largest absolute Gasteiger partial charge is 0.415 e. The van der Waals surface area contributed by atoms with Crippen molar-refractivity contribution in [3.05, 3.63) is 64.9 Å². The molecule has 1 N–H and O–H groups in total. The fourth-order valence-corrected chi connectivity index (χ4v) is 3.76. The molecule has 7 nitrogen and oxygen atoms in total. The summed E-state index contributed by atoms with van der Waals surface area (Å²) in [6.45, 7) is 0.501. The second-order valence-electron chi connectivity index (χ2n) is 7.21. The van der Waals surface area contributed by atoms with Crippen LogP contribution in [0.15, 0.2) is 48.5 Å². The van der Waals surface area contributed by atoms with Crippen molar-refractivity contribution in [2.24, 2.45) is 0 Å². The molecule has 9 heteroatoms. The zero-order valence-electron chi connectivity index (χ0n) is 15.9. The van der Waals surface area contributed by atoms with Gasteiger partial charge in [0.15, 0.2) is 0 Å². The number of amides is 3. The minimum absolute atomic E-state index is 0.0330. The molecule has 2 saturated heterocycles. The standard InChI is InChI=1S/C21H19ClFN3O4/c22-14-3-1-13(2-4-14)11-17-20(28)26-10-9-25(12-18(26)19(27)24-17)21(29)30-16-7-5-15(23)6-8-16/h1-8,17-18H,9-12H2,(H,24,27)/t17-,18+/m0/s1. The molecule has 2 aromatic rings. The summed E-state index contributed by atoms with van der Waals surface area (Å²) in [6, 6.07) is 10.8. The van der Waals surface area contributed by atoms with Crippen LogP contribution >= 0.6 is 11.6 Å². The molecule has 2 aromatic carbocycles. The highest BCUT2D eigenvalue weighted by Gasteiger charge is 2.44. The Morgan fingerprint density at radius 1 is 1.10 bits per heavy atom. The number of rotatable bonds is 3. The highest BCUT2D eigenvalue weighted by Crippen LogP contribution is 2.20. The molecule has 156 valence electrons. The van der Waals surface area contributed by atoms with Crippen LogP contribution in [-0.4, -0.2) is 59.4 Å². The predicted octanol–water partition coefficient (Wildman–Crippen LogP) is 2.23. The maximum Gasteiger partial charge on any atom is 0.415 e. The van der Waals surface area contributed by atoms with Gasteiger partial charge in [-0.3, -0.25) is 9.59 Å². The third kappa shape index (κ3) is 4.23. The fourth-order valence-electron chi connectivity index (χ4n) is 3.63. The van der Waals surface area contributed by atoms with Gasteiger partial charge in [0.25, 0.3) is 0 Å². The van der Waals surface area contributed by atoms with Crippen LogP contribution in [0.1, 0.15) is 5.56 Å². The first-order valence-electron chi connectivity index (χ1n) is 9.48. The number of benzene rings is 2. The Kier molecular flexibility index (Phi) is 5.59. The summed E-state index contributed by atoms with van der Waals surface area (Å²) in [5, 5.41) is 3.36. The lowest BCUT2D eigenvalue weighted by atomic mass is 9.99. The second-order valence-corrected chi connectivity index (χ2v) is 7.64. The molecular formula is C21H19ClFN3O4. The summed E-state index contributed by atoms with van der Waals surface area (Å²) >= 11 is 5.89. The highest BCUT2D eigenvalue weighted by atomic mass is 35.5. The number of hydrogen-bond donors (Lipinski definition) is 1. The Bertz CT molecular complexity index is 967. The summed E-state index contributed by atoms with van der Waals surface area (Å²) in [4.78, 5) is 40.8. The van der Waals surface area contributed by atoms with Crippen molar-refractivity contribution in [3.8, 4) is 5.75 Å². The molecule has 0 saturated carbocycles. The van der Waals surface area contributed by atoms with E-state index in [1.807, 2.05) is 12.1 Å². The Morgan fingerprint density at radius 2 is 1.80 bits per heavy atom. The smallest absolute Gasteiger partial charge is 0.410 e. The predicted molar refractivity (Wildman–Crippen MR) is 107 cm³/mol. The quantitative estimate of drug-likeness (QED) is 0.808. The number of nitrogens with one attached hydrogen (secondary N) is 1. The third-order valence-corrected chi connectivity index (χ3v) is 5.46. The van der Waals surface area contributed by atoms with Gasteiger partial charge < -0.3 is 19.9 Å². The number of carbonyl (C=O) groups excluding carboxylic acids is 3. The lowest BCUT2D eigenvalue weighted by Crippen LogP contribution is -2.70. The topological polar surface area (TPSA) is 79.0 Å². The maximum atomic E-state index is 13.0. The van der Waals surface area contributed by atoms with Crippen LogP contribution < -0.4 is 10.1 Å². The monoisotopic (exact) mass is 431 g/mol. The van der Waals surface area contributed by atoms with Crippen LogP contribution in [0.3, 0.4) is 0 Å². The van der Waals surface area contributed by atoms with Crippen LogP contribution in [0.2, 0.25) is 5.02 Å². The van der Waals surface area contributed by atoms with E-state index in [-0.39, 0.29) is 37.2 Å². The van der Waals surface area contributed by atoms with Crippen molar-refractivity contribution in [3.63, 3.8) is 0 Å². The first kappa shape index (κ1) is 20.2. The number of carbonyl (C=O) groups is 3. The molecule has 4 rings (SSSR count). The first-order valence-corrected chi connectivity index (χ1v) is 9.86. The molecule has 2 aliphatic heterocycles. The Balaban J connectivity index is 1.39. The van der Waals surface area contributed by atoms with E-state index in [9.17, 15) is 18.8 Å². The van der Waals surface area contributed by atoms with Crippen molar-refractivity contribution in [1.82, 2.24) is 15.1 Å². The van der Waals surface area contributed by atoms with Crippen LogP contribution in [0.4, 0.5) is 9.18 Å². The van der Waals surface area contributed by atoms with Crippen LogP contribution in [0, 0.1) is 5.82 Å². The van der Waals surface area contributed by atoms with Gasteiger partial charge in [-0.1, -0.05) is 23.7 Å². The molecule has 30 heavy (non-hydrogen) atoms. The fraction of sp³-hybridized carbons (Fsp3) is 0.286. The molecule has 2 fully saturated rings. The highest BCUT2D eigenvalue weighted by molar-refractivity contribution is 6.30. The van der Waals surface area contributed by atoms with E-state index in [4.69, 9.17) is 16.3 Å². The molecule has 0 radical (unpaired) electrons.